The molecule has 1 amide bonds. The average molecular weight is 336 g/mol. The van der Waals surface area contributed by atoms with Crippen LogP contribution in [0.1, 0.15) is 33.4 Å². The number of hydrogen-bond donors (Lipinski definition) is 1. The molecule has 5 nitrogen and oxygen atoms in total. The van der Waals surface area contributed by atoms with E-state index < -0.39 is 11.7 Å². The number of aromatic nitrogens is 1. The molecule has 1 aromatic heterocycles. The summed E-state index contributed by atoms with van der Waals surface area (Å²) >= 11 is 0. The first kappa shape index (κ1) is 18.1. The Morgan fingerprint density at radius 2 is 2.04 bits per heavy atom. The highest BCUT2D eigenvalue weighted by atomic mass is 19.1. The van der Waals surface area contributed by atoms with Gasteiger partial charge in [-0.05, 0) is 52.8 Å². The van der Waals surface area contributed by atoms with Crippen LogP contribution >= 0.6 is 0 Å². The number of fused-ring (bicyclic) bond motifs is 1. The van der Waals surface area contributed by atoms with Crippen LogP contribution in [-0.4, -0.2) is 29.4 Å². The fourth-order valence-corrected chi connectivity index (χ4v) is 2.68. The molecule has 6 heteroatoms. The zero-order valence-corrected chi connectivity index (χ0v) is 15.1. The van der Waals surface area contributed by atoms with Crippen molar-refractivity contribution in [2.24, 2.45) is 0 Å². The van der Waals surface area contributed by atoms with Crippen molar-refractivity contribution >= 4 is 17.0 Å². The van der Waals surface area contributed by atoms with Crippen LogP contribution in [0.15, 0.2) is 18.2 Å². The Morgan fingerprint density at radius 1 is 1.38 bits per heavy atom. The Bertz CT molecular complexity index is 747. The third-order valence-electron chi connectivity index (χ3n) is 3.62. The number of nitrogens with one attached hydrogen (secondary N) is 1. The van der Waals surface area contributed by atoms with Crippen molar-refractivity contribution in [3.05, 3.63) is 29.7 Å². The van der Waals surface area contributed by atoms with Gasteiger partial charge in [0.05, 0.1) is 12.6 Å². The molecule has 1 unspecified atom stereocenters. The summed E-state index contributed by atoms with van der Waals surface area (Å²) in [7, 11) is 1.56. The Morgan fingerprint density at radius 3 is 2.62 bits per heavy atom. The molecule has 24 heavy (non-hydrogen) atoms. The van der Waals surface area contributed by atoms with E-state index in [0.717, 1.165) is 11.1 Å². The minimum atomic E-state index is -0.556. The van der Waals surface area contributed by atoms with E-state index in [1.165, 1.54) is 6.07 Å². The number of halogens is 1. The van der Waals surface area contributed by atoms with Crippen molar-refractivity contribution in [2.45, 2.75) is 52.8 Å². The lowest BCUT2D eigenvalue weighted by Gasteiger charge is -2.22. The molecule has 1 heterocycles. The van der Waals surface area contributed by atoms with Crippen molar-refractivity contribution in [1.82, 2.24) is 9.88 Å². The average Bonchev–Trinajstić information content (AvgIpc) is 2.75. The van der Waals surface area contributed by atoms with Gasteiger partial charge < -0.3 is 19.4 Å². The summed E-state index contributed by atoms with van der Waals surface area (Å²) < 4.78 is 26.7. The third-order valence-corrected chi connectivity index (χ3v) is 3.62. The fraction of sp³-hybridized carbons (Fsp3) is 0.500. The van der Waals surface area contributed by atoms with E-state index >= 15 is 0 Å². The zero-order chi connectivity index (χ0) is 18.1. The molecule has 0 saturated heterocycles. The molecule has 2 aromatic rings. The molecule has 0 fully saturated rings. The van der Waals surface area contributed by atoms with E-state index in [1.807, 2.05) is 45.3 Å². The van der Waals surface area contributed by atoms with Gasteiger partial charge in [-0.3, -0.25) is 0 Å². The van der Waals surface area contributed by atoms with Crippen molar-refractivity contribution in [1.29, 1.82) is 0 Å². The van der Waals surface area contributed by atoms with Crippen molar-refractivity contribution < 1.29 is 18.7 Å². The maximum Gasteiger partial charge on any atom is 0.407 e. The number of alkyl carbamates (subject to hydrolysis) is 1. The van der Waals surface area contributed by atoms with Gasteiger partial charge in [-0.15, -0.1) is 0 Å². The first-order valence-corrected chi connectivity index (χ1v) is 7.94. The Balaban J connectivity index is 2.24. The number of ether oxygens (including phenoxy) is 2. The maximum absolute atomic E-state index is 14.3. The standard InChI is InChI=1S/C18H25FN2O3/c1-11(20-17(22)24-18(3,4)5)10-21-12(2)9-13-15(23-6)8-7-14(19)16(13)21/h7-9,11H,10H2,1-6H3,(H,20,22). The molecule has 0 aliphatic heterocycles. The highest BCUT2D eigenvalue weighted by Gasteiger charge is 2.20. The minimum absolute atomic E-state index is 0.222. The number of carbonyl (C=O) groups is 1. The van der Waals surface area contributed by atoms with Crippen LogP contribution in [0.4, 0.5) is 9.18 Å². The van der Waals surface area contributed by atoms with E-state index in [-0.39, 0.29) is 11.9 Å². The number of amides is 1. The summed E-state index contributed by atoms with van der Waals surface area (Å²) in [5.41, 5.74) is 0.815. The number of nitrogens with zero attached hydrogens (tertiary/aromatic N) is 1. The van der Waals surface area contributed by atoms with Crippen LogP contribution in [-0.2, 0) is 11.3 Å². The summed E-state index contributed by atoms with van der Waals surface area (Å²) in [4.78, 5) is 11.9. The SMILES string of the molecule is COc1ccc(F)c2c1cc(C)n2CC(C)NC(=O)OC(C)(C)C. The van der Waals surface area contributed by atoms with Gasteiger partial charge in [-0.1, -0.05) is 0 Å². The zero-order valence-electron chi connectivity index (χ0n) is 15.1. The third kappa shape index (κ3) is 3.99. The topological polar surface area (TPSA) is 52.5 Å². The lowest BCUT2D eigenvalue weighted by Crippen LogP contribution is -2.39. The van der Waals surface area contributed by atoms with E-state index in [9.17, 15) is 9.18 Å². The van der Waals surface area contributed by atoms with Gasteiger partial charge in [-0.2, -0.15) is 0 Å². The lowest BCUT2D eigenvalue weighted by atomic mass is 10.2. The molecule has 1 atom stereocenters. The predicted molar refractivity (Wildman–Crippen MR) is 92.0 cm³/mol. The van der Waals surface area contributed by atoms with Crippen LogP contribution in [0.25, 0.3) is 10.9 Å². The molecule has 0 spiro atoms. The van der Waals surface area contributed by atoms with Gasteiger partial charge in [0.2, 0.25) is 0 Å². The maximum atomic E-state index is 14.3. The number of aryl methyl sites for hydroxylation is 1. The van der Waals surface area contributed by atoms with E-state index in [2.05, 4.69) is 5.32 Å². The number of benzene rings is 1. The van der Waals surface area contributed by atoms with Crippen molar-refractivity contribution in [2.75, 3.05) is 7.11 Å². The first-order chi connectivity index (χ1) is 11.1. The number of rotatable bonds is 4. The molecule has 1 aromatic carbocycles. The molecule has 0 aliphatic rings. The second kappa shape index (κ2) is 6.71. The number of carbonyl (C=O) groups excluding carboxylic acids is 1. The molecule has 2 rings (SSSR count). The second-order valence-corrected chi connectivity index (χ2v) is 6.96. The molecule has 0 bridgehead atoms. The molecule has 1 N–H and O–H groups in total. The van der Waals surface area contributed by atoms with Gasteiger partial charge in [0.1, 0.15) is 17.2 Å². The van der Waals surface area contributed by atoms with E-state index in [1.54, 1.807) is 13.2 Å². The quantitative estimate of drug-likeness (QED) is 0.918. The van der Waals surface area contributed by atoms with Crippen LogP contribution < -0.4 is 10.1 Å². The molecule has 132 valence electrons. The highest BCUT2D eigenvalue weighted by molar-refractivity contribution is 5.88. The van der Waals surface area contributed by atoms with Gasteiger partial charge in [0.25, 0.3) is 0 Å². The molecular formula is C18H25FN2O3. The van der Waals surface area contributed by atoms with E-state index in [0.29, 0.717) is 17.8 Å². The summed E-state index contributed by atoms with van der Waals surface area (Å²) in [5, 5.41) is 3.50. The molecule has 0 radical (unpaired) electrons. The normalized spacial score (nSPS) is 13.0. The predicted octanol–water partition coefficient (Wildman–Crippen LogP) is 4.01. The molecular weight excluding hydrogens is 311 g/mol. The van der Waals surface area contributed by atoms with Gasteiger partial charge >= 0.3 is 6.09 Å². The molecule has 0 saturated carbocycles. The van der Waals surface area contributed by atoms with Crippen molar-refractivity contribution in [3.8, 4) is 5.75 Å². The summed E-state index contributed by atoms with van der Waals surface area (Å²) in [6.45, 7) is 9.61. The van der Waals surface area contributed by atoms with E-state index in [4.69, 9.17) is 9.47 Å². The fourth-order valence-electron chi connectivity index (χ4n) is 2.68. The van der Waals surface area contributed by atoms with Crippen LogP contribution in [0.3, 0.4) is 0 Å². The smallest absolute Gasteiger partial charge is 0.407 e. The Labute approximate surface area is 141 Å². The van der Waals surface area contributed by atoms with Gasteiger partial charge in [-0.25, -0.2) is 9.18 Å². The monoisotopic (exact) mass is 336 g/mol. The highest BCUT2D eigenvalue weighted by Crippen LogP contribution is 2.31. The van der Waals surface area contributed by atoms with Gasteiger partial charge in [0.15, 0.2) is 0 Å². The number of hydrogen-bond acceptors (Lipinski definition) is 3. The first-order valence-electron chi connectivity index (χ1n) is 7.94. The lowest BCUT2D eigenvalue weighted by molar-refractivity contribution is 0.0504. The summed E-state index contributed by atoms with van der Waals surface area (Å²) in [5.74, 6) is 0.310. The largest absolute Gasteiger partial charge is 0.496 e. The van der Waals surface area contributed by atoms with Crippen LogP contribution in [0.2, 0.25) is 0 Å². The Hall–Kier alpha value is -2.24. The number of methoxy groups -OCH3 is 1. The summed E-state index contributed by atoms with van der Waals surface area (Å²) in [6, 6.07) is 4.67. The molecule has 0 aliphatic carbocycles. The van der Waals surface area contributed by atoms with Crippen LogP contribution in [0.5, 0.6) is 5.75 Å². The van der Waals surface area contributed by atoms with Crippen molar-refractivity contribution in [3.63, 3.8) is 0 Å². The minimum Gasteiger partial charge on any atom is -0.496 e. The summed E-state index contributed by atoms with van der Waals surface area (Å²) in [6.07, 6.45) is -0.484. The van der Waals surface area contributed by atoms with Gasteiger partial charge in [0, 0.05) is 23.7 Å². The Kier molecular flexibility index (Phi) is 5.06. The second-order valence-electron chi connectivity index (χ2n) is 6.96. The van der Waals surface area contributed by atoms with Crippen LogP contribution in [0, 0.1) is 12.7 Å².